The van der Waals surface area contributed by atoms with Crippen LogP contribution in [0.15, 0.2) is 79.1 Å². The third-order valence-electron chi connectivity index (χ3n) is 7.17. The van der Waals surface area contributed by atoms with E-state index in [1.54, 1.807) is 0 Å². The summed E-state index contributed by atoms with van der Waals surface area (Å²) in [5, 5.41) is 18.9. The number of benzene rings is 3. The predicted molar refractivity (Wildman–Crippen MR) is 170 cm³/mol. The molecule has 1 saturated carbocycles. The quantitative estimate of drug-likeness (QED) is 0.101. The second-order valence-electron chi connectivity index (χ2n) is 9.60. The van der Waals surface area contributed by atoms with Crippen LogP contribution >= 0.6 is 40.0 Å². The Morgan fingerprint density at radius 2 is 1.75 bits per heavy atom. The summed E-state index contributed by atoms with van der Waals surface area (Å²) < 4.78 is 16.0. The predicted octanol–water partition coefficient (Wildman–Crippen LogP) is 8.58. The number of tetrazole rings is 1. The van der Waals surface area contributed by atoms with Crippen LogP contribution in [0.25, 0.3) is 34.4 Å². The lowest BCUT2D eigenvalue weighted by Gasteiger charge is -2.32. The van der Waals surface area contributed by atoms with Gasteiger partial charge in [-0.2, -0.15) is 10.3 Å². The largest absolute Gasteiger partial charge is 0.245 e. The summed E-state index contributed by atoms with van der Waals surface area (Å²) in [7, 11) is 0. The fourth-order valence-corrected chi connectivity index (χ4v) is 6.31. The molecule has 40 heavy (non-hydrogen) atoms. The summed E-state index contributed by atoms with van der Waals surface area (Å²) >= 11 is 9.02. The fourth-order valence-electron chi connectivity index (χ4n) is 4.96. The molecule has 1 aliphatic rings. The number of hydrogen-bond donors (Lipinski definition) is 1. The third kappa shape index (κ3) is 5.80. The number of nitrogens with one attached hydrogen (secondary N) is 1. The van der Waals surface area contributed by atoms with E-state index in [1.165, 1.54) is 18.6 Å². The molecule has 6 nitrogen and oxygen atoms in total. The highest BCUT2D eigenvalue weighted by Crippen LogP contribution is 2.47. The topological polar surface area (TPSA) is 72.3 Å². The number of allylic oxidation sites excluding steroid dienone is 1. The van der Waals surface area contributed by atoms with Gasteiger partial charge in [0.1, 0.15) is 5.82 Å². The van der Waals surface area contributed by atoms with Gasteiger partial charge in [-0.3, -0.25) is 0 Å². The van der Waals surface area contributed by atoms with E-state index in [2.05, 4.69) is 102 Å². The first-order chi connectivity index (χ1) is 19.6. The third-order valence-corrected chi connectivity index (χ3v) is 9.38. The molecule has 2 aromatic heterocycles. The average molecular weight is 681 g/mol. The smallest absolute Gasteiger partial charge is 0.197 e. The van der Waals surface area contributed by atoms with E-state index < -0.39 is 0 Å². The average Bonchev–Trinajstić information content (AvgIpc) is 3.64. The lowest BCUT2D eigenvalue weighted by Crippen LogP contribution is -2.15. The van der Waals surface area contributed by atoms with E-state index in [0.717, 1.165) is 57.4 Å². The van der Waals surface area contributed by atoms with Crippen LogP contribution in [0.2, 0.25) is 5.02 Å². The SMILES string of the molecule is Fc1ccc(/C(=C(\c2ccc(/C=C/c3nn[nH]n3)cc2)c2ccc(-c3cnn(PI)c3)cc2)C2CCC2)c(Cl)c1. The molecule has 5 aromatic rings. The van der Waals surface area contributed by atoms with Gasteiger partial charge in [0, 0.05) is 11.8 Å². The molecule has 0 spiro atoms. The van der Waals surface area contributed by atoms with Gasteiger partial charge >= 0.3 is 0 Å². The Labute approximate surface area is 251 Å². The standard InChI is InChI=1S/C30H24ClFIN6P/c31-27-16-25(32)13-14-26(27)30(21-2-1-3-21)29(22-7-4-19(5-8-22)6-15-28-35-37-38-36-28)23-11-9-20(10-12-23)24-17-34-39(18-24)40-33/h4-18,21,40H,1-3H2,(H,35,36,37,38)/b15-6+,30-29+. The van der Waals surface area contributed by atoms with E-state index in [-0.39, 0.29) is 5.82 Å². The van der Waals surface area contributed by atoms with Crippen LogP contribution in [0.5, 0.6) is 0 Å². The Morgan fingerprint density at radius 1 is 1.00 bits per heavy atom. The Balaban J connectivity index is 1.47. The Hall–Kier alpha value is -3.20. The van der Waals surface area contributed by atoms with Crippen LogP contribution in [0.1, 0.15) is 47.3 Å². The Bertz CT molecular complexity index is 1680. The van der Waals surface area contributed by atoms with Crippen molar-refractivity contribution in [3.63, 3.8) is 0 Å². The fraction of sp³-hybridized carbons (Fsp3) is 0.133. The van der Waals surface area contributed by atoms with Crippen LogP contribution in [0.3, 0.4) is 0 Å². The maximum Gasteiger partial charge on any atom is 0.197 e. The van der Waals surface area contributed by atoms with Crippen molar-refractivity contribution in [1.82, 2.24) is 30.2 Å². The van der Waals surface area contributed by atoms with Crippen LogP contribution < -0.4 is 0 Å². The van der Waals surface area contributed by atoms with Crippen molar-refractivity contribution in [2.45, 2.75) is 19.3 Å². The van der Waals surface area contributed by atoms with E-state index in [9.17, 15) is 4.39 Å². The molecule has 200 valence electrons. The molecule has 2 heterocycles. The van der Waals surface area contributed by atoms with Gasteiger partial charge in [0.2, 0.25) is 0 Å². The molecule has 1 unspecified atom stereocenters. The number of rotatable bonds is 8. The first-order valence-corrected chi connectivity index (χ1v) is 17.3. The number of halogens is 3. The second-order valence-corrected chi connectivity index (χ2v) is 12.1. The molecule has 0 amide bonds. The van der Waals surface area contributed by atoms with Crippen molar-refractivity contribution in [1.29, 1.82) is 0 Å². The molecular formula is C30H24ClFIN6P. The van der Waals surface area contributed by atoms with Gasteiger partial charge in [0.05, 0.1) is 17.6 Å². The van der Waals surface area contributed by atoms with Crippen molar-refractivity contribution in [2.75, 3.05) is 0 Å². The van der Waals surface area contributed by atoms with Gasteiger partial charge in [0.15, 0.2) is 5.82 Å². The molecule has 1 atom stereocenters. The van der Waals surface area contributed by atoms with Gasteiger partial charge in [-0.15, -0.1) is 10.2 Å². The monoisotopic (exact) mass is 680 g/mol. The van der Waals surface area contributed by atoms with E-state index in [1.807, 2.05) is 28.9 Å². The van der Waals surface area contributed by atoms with E-state index in [0.29, 0.717) is 23.1 Å². The molecule has 0 radical (unpaired) electrons. The Kier molecular flexibility index (Phi) is 8.18. The number of H-pyrrole nitrogens is 1. The van der Waals surface area contributed by atoms with Gasteiger partial charge in [-0.25, -0.2) is 8.84 Å². The number of nitrogens with zero attached hydrogens (tertiary/aromatic N) is 5. The molecule has 10 heteroatoms. The highest BCUT2D eigenvalue weighted by atomic mass is 127. The molecule has 1 fully saturated rings. The molecule has 6 rings (SSSR count). The first-order valence-electron chi connectivity index (χ1n) is 12.8. The molecule has 0 bridgehead atoms. The molecular weight excluding hydrogens is 657 g/mol. The van der Waals surface area contributed by atoms with Crippen molar-refractivity contribution < 1.29 is 4.39 Å². The summed E-state index contributed by atoms with van der Waals surface area (Å²) in [4.78, 5) is 0. The minimum Gasteiger partial charge on any atom is -0.245 e. The van der Waals surface area contributed by atoms with E-state index in [4.69, 9.17) is 11.6 Å². The highest BCUT2D eigenvalue weighted by Gasteiger charge is 2.28. The summed E-state index contributed by atoms with van der Waals surface area (Å²) in [6.07, 6.45) is 11.6. The van der Waals surface area contributed by atoms with Crippen LogP contribution in [-0.4, -0.2) is 30.2 Å². The van der Waals surface area contributed by atoms with Gasteiger partial charge in [0.25, 0.3) is 0 Å². The maximum atomic E-state index is 14.1. The van der Waals surface area contributed by atoms with Crippen LogP contribution in [0, 0.1) is 11.7 Å². The molecule has 1 N–H and O–H groups in total. The summed E-state index contributed by atoms with van der Waals surface area (Å²) in [6.45, 7) is 0. The number of aromatic nitrogens is 6. The van der Waals surface area contributed by atoms with Crippen molar-refractivity contribution >= 4 is 63.3 Å². The molecule has 3 aromatic carbocycles. The molecule has 0 aliphatic heterocycles. The Morgan fingerprint density at radius 3 is 2.35 bits per heavy atom. The number of aromatic amines is 1. The summed E-state index contributed by atoms with van der Waals surface area (Å²) in [6, 6.07) is 21.7. The zero-order valence-electron chi connectivity index (χ0n) is 21.2. The lowest BCUT2D eigenvalue weighted by molar-refractivity contribution is 0.401. The minimum absolute atomic E-state index is 0.335. The maximum absolute atomic E-state index is 14.1. The summed E-state index contributed by atoms with van der Waals surface area (Å²) in [5.41, 5.74) is 8.53. The van der Waals surface area contributed by atoms with Crippen molar-refractivity contribution in [3.05, 3.63) is 118 Å². The molecule has 1 aliphatic carbocycles. The van der Waals surface area contributed by atoms with Crippen molar-refractivity contribution in [3.8, 4) is 11.1 Å². The number of hydrogen-bond acceptors (Lipinski definition) is 4. The molecule has 0 saturated heterocycles. The van der Waals surface area contributed by atoms with Gasteiger partial charge in [-0.05, 0) is 103 Å². The van der Waals surface area contributed by atoms with Crippen LogP contribution in [-0.2, 0) is 0 Å². The zero-order chi connectivity index (χ0) is 27.5. The second kappa shape index (κ2) is 12.1. The highest BCUT2D eigenvalue weighted by molar-refractivity contribution is 14.2. The van der Waals surface area contributed by atoms with Crippen molar-refractivity contribution in [2.24, 2.45) is 5.92 Å². The first kappa shape index (κ1) is 27.0. The normalized spacial score (nSPS) is 14.7. The van der Waals surface area contributed by atoms with Gasteiger partial charge < -0.3 is 0 Å². The zero-order valence-corrected chi connectivity index (χ0v) is 25.1. The lowest BCUT2D eigenvalue weighted by atomic mass is 9.73. The summed E-state index contributed by atoms with van der Waals surface area (Å²) in [5.74, 6) is 0.531. The van der Waals surface area contributed by atoms with E-state index >= 15 is 0 Å². The van der Waals surface area contributed by atoms with Gasteiger partial charge in [-0.1, -0.05) is 78.7 Å². The minimum atomic E-state index is -0.335. The van der Waals surface area contributed by atoms with Crippen LogP contribution in [0.4, 0.5) is 4.39 Å².